The number of anilines is 1. The second-order valence-electron chi connectivity index (χ2n) is 6.50. The van der Waals surface area contributed by atoms with E-state index in [9.17, 15) is 9.59 Å². The van der Waals surface area contributed by atoms with Crippen molar-refractivity contribution in [2.45, 2.75) is 39.2 Å². The van der Waals surface area contributed by atoms with Crippen LogP contribution in [0.3, 0.4) is 0 Å². The van der Waals surface area contributed by atoms with Gasteiger partial charge in [-0.3, -0.25) is 20.4 Å². The number of nitrogens with one attached hydrogen (secondary N) is 2. The minimum atomic E-state index is -0.468. The molecule has 7 nitrogen and oxygen atoms in total. The molecule has 0 bridgehead atoms. The SMILES string of the molecule is Cc1cc(C)nc(NNC(=O)C2CCCN2C(=O)Cc2ccccc2)n1. The van der Waals surface area contributed by atoms with Crippen LogP contribution in [0, 0.1) is 13.8 Å². The lowest BCUT2D eigenvalue weighted by Crippen LogP contribution is -2.48. The first kappa shape index (κ1) is 17.8. The van der Waals surface area contributed by atoms with E-state index in [-0.39, 0.29) is 11.8 Å². The molecule has 0 saturated carbocycles. The van der Waals surface area contributed by atoms with E-state index in [1.165, 1.54) is 0 Å². The lowest BCUT2D eigenvalue weighted by molar-refractivity contribution is -0.137. The Kier molecular flexibility index (Phi) is 5.46. The fourth-order valence-electron chi connectivity index (χ4n) is 3.19. The van der Waals surface area contributed by atoms with Gasteiger partial charge in [0, 0.05) is 17.9 Å². The summed E-state index contributed by atoms with van der Waals surface area (Å²) in [5, 5.41) is 0. The van der Waals surface area contributed by atoms with Crippen LogP contribution in [-0.2, 0) is 16.0 Å². The van der Waals surface area contributed by atoms with Gasteiger partial charge in [0.1, 0.15) is 6.04 Å². The molecule has 2 heterocycles. The predicted octanol–water partition coefficient (Wildman–Crippen LogP) is 1.77. The lowest BCUT2D eigenvalue weighted by atomic mass is 10.1. The third-order valence-electron chi connectivity index (χ3n) is 4.35. The van der Waals surface area contributed by atoms with Crippen molar-refractivity contribution in [1.82, 2.24) is 20.3 Å². The number of carbonyl (C=O) groups is 2. The number of hydrazine groups is 1. The summed E-state index contributed by atoms with van der Waals surface area (Å²) in [4.78, 5) is 35.2. The van der Waals surface area contributed by atoms with Gasteiger partial charge in [-0.15, -0.1) is 0 Å². The van der Waals surface area contributed by atoms with E-state index in [0.29, 0.717) is 25.3 Å². The van der Waals surface area contributed by atoms with Crippen molar-refractivity contribution in [3.8, 4) is 0 Å². The maximum atomic E-state index is 12.6. The molecule has 0 radical (unpaired) electrons. The number of benzene rings is 1. The highest BCUT2D eigenvalue weighted by Gasteiger charge is 2.33. The van der Waals surface area contributed by atoms with Crippen LogP contribution in [0.5, 0.6) is 0 Å². The third-order valence-corrected chi connectivity index (χ3v) is 4.35. The molecule has 1 unspecified atom stereocenters. The largest absolute Gasteiger partial charge is 0.330 e. The number of likely N-dealkylation sites (tertiary alicyclic amines) is 1. The Balaban J connectivity index is 1.60. The molecule has 2 amide bonds. The standard InChI is InChI=1S/C19H23N5O2/c1-13-11-14(2)21-19(20-13)23-22-18(26)16-9-6-10-24(16)17(25)12-15-7-4-3-5-8-15/h3-5,7-8,11,16H,6,9-10,12H2,1-2H3,(H,22,26)(H,20,21,23). The summed E-state index contributed by atoms with van der Waals surface area (Å²) in [7, 11) is 0. The van der Waals surface area contributed by atoms with E-state index in [4.69, 9.17) is 0 Å². The van der Waals surface area contributed by atoms with Crippen LogP contribution < -0.4 is 10.9 Å². The summed E-state index contributed by atoms with van der Waals surface area (Å²) in [5.74, 6) is 0.0687. The van der Waals surface area contributed by atoms with Gasteiger partial charge in [-0.1, -0.05) is 30.3 Å². The van der Waals surface area contributed by atoms with Crippen LogP contribution in [0.25, 0.3) is 0 Å². The van der Waals surface area contributed by atoms with Gasteiger partial charge >= 0.3 is 0 Å². The van der Waals surface area contributed by atoms with E-state index >= 15 is 0 Å². The molecule has 1 aliphatic heterocycles. The van der Waals surface area contributed by atoms with Gasteiger partial charge in [0.2, 0.25) is 11.9 Å². The van der Waals surface area contributed by atoms with E-state index in [1.807, 2.05) is 50.2 Å². The highest BCUT2D eigenvalue weighted by atomic mass is 16.2. The average molecular weight is 353 g/mol. The second kappa shape index (κ2) is 7.95. The quantitative estimate of drug-likeness (QED) is 0.800. The zero-order valence-corrected chi connectivity index (χ0v) is 15.0. The molecule has 1 fully saturated rings. The van der Waals surface area contributed by atoms with Gasteiger partial charge in [0.15, 0.2) is 0 Å². The van der Waals surface area contributed by atoms with Gasteiger partial charge in [-0.25, -0.2) is 9.97 Å². The van der Waals surface area contributed by atoms with Gasteiger partial charge in [-0.2, -0.15) is 0 Å². The van der Waals surface area contributed by atoms with Crippen molar-refractivity contribution in [3.63, 3.8) is 0 Å². The zero-order valence-electron chi connectivity index (χ0n) is 15.0. The highest BCUT2D eigenvalue weighted by Crippen LogP contribution is 2.19. The van der Waals surface area contributed by atoms with Crippen LogP contribution in [-0.4, -0.2) is 39.3 Å². The fourth-order valence-corrected chi connectivity index (χ4v) is 3.19. The van der Waals surface area contributed by atoms with Gasteiger partial charge in [0.05, 0.1) is 6.42 Å². The molecule has 1 atom stereocenters. The number of amides is 2. The summed E-state index contributed by atoms with van der Waals surface area (Å²) in [6, 6.07) is 11.0. The molecule has 136 valence electrons. The second-order valence-corrected chi connectivity index (χ2v) is 6.50. The smallest absolute Gasteiger partial charge is 0.261 e. The third kappa shape index (κ3) is 4.36. The summed E-state index contributed by atoms with van der Waals surface area (Å²) in [6.07, 6.45) is 1.78. The average Bonchev–Trinajstić information content (AvgIpc) is 3.10. The summed E-state index contributed by atoms with van der Waals surface area (Å²) < 4.78 is 0. The fraction of sp³-hybridized carbons (Fsp3) is 0.368. The van der Waals surface area contributed by atoms with E-state index in [2.05, 4.69) is 20.8 Å². The Morgan fingerprint density at radius 1 is 1.15 bits per heavy atom. The van der Waals surface area contributed by atoms with Crippen molar-refractivity contribution < 1.29 is 9.59 Å². The molecule has 1 saturated heterocycles. The zero-order chi connectivity index (χ0) is 18.5. The minimum Gasteiger partial charge on any atom is -0.330 e. The Bertz CT molecular complexity index is 774. The predicted molar refractivity (Wildman–Crippen MR) is 98.2 cm³/mol. The van der Waals surface area contributed by atoms with Crippen LogP contribution in [0.15, 0.2) is 36.4 Å². The van der Waals surface area contributed by atoms with Crippen LogP contribution in [0.4, 0.5) is 5.95 Å². The summed E-state index contributed by atoms with van der Waals surface area (Å²) in [6.45, 7) is 4.33. The number of aromatic nitrogens is 2. The molecule has 1 aromatic heterocycles. The topological polar surface area (TPSA) is 87.2 Å². The van der Waals surface area contributed by atoms with Gasteiger partial charge in [-0.05, 0) is 38.3 Å². The maximum Gasteiger partial charge on any atom is 0.261 e. The highest BCUT2D eigenvalue weighted by molar-refractivity contribution is 5.89. The van der Waals surface area contributed by atoms with Crippen LogP contribution in [0.1, 0.15) is 29.8 Å². The number of hydrogen-bond donors (Lipinski definition) is 2. The first-order valence-electron chi connectivity index (χ1n) is 8.74. The first-order chi connectivity index (χ1) is 12.5. The lowest BCUT2D eigenvalue weighted by Gasteiger charge is -2.24. The molecule has 2 aromatic rings. The van der Waals surface area contributed by atoms with Crippen molar-refractivity contribution in [2.24, 2.45) is 0 Å². The van der Waals surface area contributed by atoms with Crippen molar-refractivity contribution in [3.05, 3.63) is 53.3 Å². The summed E-state index contributed by atoms with van der Waals surface area (Å²) >= 11 is 0. The van der Waals surface area contributed by atoms with Gasteiger partial charge < -0.3 is 4.90 Å². The van der Waals surface area contributed by atoms with Crippen LogP contribution in [0.2, 0.25) is 0 Å². The van der Waals surface area contributed by atoms with E-state index < -0.39 is 6.04 Å². The van der Waals surface area contributed by atoms with Gasteiger partial charge in [0.25, 0.3) is 5.91 Å². The Morgan fingerprint density at radius 3 is 2.54 bits per heavy atom. The molecular weight excluding hydrogens is 330 g/mol. The molecule has 26 heavy (non-hydrogen) atoms. The molecule has 0 aliphatic carbocycles. The Morgan fingerprint density at radius 2 is 1.85 bits per heavy atom. The number of nitrogens with zero attached hydrogens (tertiary/aromatic N) is 3. The number of rotatable bonds is 5. The number of hydrogen-bond acceptors (Lipinski definition) is 5. The van der Waals surface area contributed by atoms with E-state index in [0.717, 1.165) is 23.4 Å². The molecule has 0 spiro atoms. The van der Waals surface area contributed by atoms with Crippen LogP contribution >= 0.6 is 0 Å². The van der Waals surface area contributed by atoms with Crippen molar-refractivity contribution >= 4 is 17.8 Å². The summed E-state index contributed by atoms with van der Waals surface area (Å²) in [5.41, 5.74) is 7.97. The normalized spacial score (nSPS) is 16.4. The number of aryl methyl sites for hydroxylation is 2. The monoisotopic (exact) mass is 353 g/mol. The minimum absolute atomic E-state index is 0.0310. The molecule has 3 rings (SSSR count). The molecule has 7 heteroatoms. The number of carbonyl (C=O) groups excluding carboxylic acids is 2. The molecular formula is C19H23N5O2. The van der Waals surface area contributed by atoms with E-state index in [1.54, 1.807) is 4.90 Å². The Labute approximate surface area is 152 Å². The maximum absolute atomic E-state index is 12.6. The molecule has 1 aromatic carbocycles. The molecule has 1 aliphatic rings. The molecule has 2 N–H and O–H groups in total. The first-order valence-corrected chi connectivity index (χ1v) is 8.74. The van der Waals surface area contributed by atoms with Crippen molar-refractivity contribution in [1.29, 1.82) is 0 Å². The Hall–Kier alpha value is -2.96. The van der Waals surface area contributed by atoms with Crippen molar-refractivity contribution in [2.75, 3.05) is 12.0 Å².